The monoisotopic (exact) mass is 567 g/mol. The molecule has 0 unspecified atom stereocenters. The maximum atomic E-state index is 13.1. The summed E-state index contributed by atoms with van der Waals surface area (Å²) in [5.41, 5.74) is -3.43. The SMILES string of the molecule is O=C(Nc1ccncc1)Nc1cccc(CN2CCN(Cc3ccc(C(O)(C(F)(F)F)C(F)(F)F)cc3)CC2)c1. The lowest BCUT2D eigenvalue weighted by Crippen LogP contribution is -2.53. The van der Waals surface area contributed by atoms with E-state index in [0.717, 1.165) is 5.56 Å². The molecule has 0 radical (unpaired) electrons. The Hall–Kier alpha value is -3.68. The van der Waals surface area contributed by atoms with Crippen LogP contribution in [0.5, 0.6) is 0 Å². The predicted molar refractivity (Wildman–Crippen MR) is 136 cm³/mol. The van der Waals surface area contributed by atoms with Crippen LogP contribution in [0.15, 0.2) is 73.1 Å². The molecular weight excluding hydrogens is 540 g/mol. The maximum Gasteiger partial charge on any atom is 0.430 e. The molecule has 0 bridgehead atoms. The van der Waals surface area contributed by atoms with Gasteiger partial charge in [0, 0.05) is 68.6 Å². The van der Waals surface area contributed by atoms with Crippen molar-refractivity contribution in [3.05, 3.63) is 89.7 Å². The Morgan fingerprint density at radius 3 is 1.82 bits per heavy atom. The standard InChI is InChI=1S/C27H27F6N5O2/c28-26(29,30)25(40,27(31,32)33)21-6-4-19(5-7-21)17-37-12-14-38(15-13-37)18-20-2-1-3-23(16-20)36-24(39)35-22-8-10-34-11-9-22/h1-11,16,40H,12-15,17-18H2,(H2,34,35,36,39). The molecule has 4 rings (SSSR count). The van der Waals surface area contributed by atoms with Crippen LogP contribution >= 0.6 is 0 Å². The molecule has 0 atom stereocenters. The van der Waals surface area contributed by atoms with Crippen molar-refractivity contribution < 1.29 is 36.2 Å². The number of piperazine rings is 1. The number of carbonyl (C=O) groups is 1. The van der Waals surface area contributed by atoms with Crippen LogP contribution in [0, 0.1) is 0 Å². The summed E-state index contributed by atoms with van der Waals surface area (Å²) >= 11 is 0. The van der Waals surface area contributed by atoms with E-state index < -0.39 is 23.5 Å². The maximum absolute atomic E-state index is 13.1. The minimum absolute atomic E-state index is 0.344. The van der Waals surface area contributed by atoms with Gasteiger partial charge in [-0.1, -0.05) is 36.4 Å². The van der Waals surface area contributed by atoms with E-state index in [0.29, 0.717) is 68.3 Å². The molecule has 1 saturated heterocycles. The lowest BCUT2D eigenvalue weighted by atomic mass is 9.91. The number of aromatic nitrogens is 1. The number of nitrogens with zero attached hydrogens (tertiary/aromatic N) is 3. The molecule has 3 aromatic rings. The number of pyridine rings is 1. The van der Waals surface area contributed by atoms with Gasteiger partial charge in [-0.15, -0.1) is 0 Å². The summed E-state index contributed by atoms with van der Waals surface area (Å²) in [6.07, 6.45) is -8.68. The number of urea groups is 1. The van der Waals surface area contributed by atoms with Crippen LogP contribution in [-0.2, 0) is 18.7 Å². The summed E-state index contributed by atoms with van der Waals surface area (Å²) in [6, 6.07) is 14.1. The van der Waals surface area contributed by atoms with Crippen LogP contribution in [0.25, 0.3) is 0 Å². The predicted octanol–water partition coefficient (Wildman–Crippen LogP) is 5.36. The molecule has 40 heavy (non-hydrogen) atoms. The largest absolute Gasteiger partial charge is 0.430 e. The molecule has 1 aliphatic rings. The Bertz CT molecular complexity index is 1260. The molecule has 13 heteroatoms. The van der Waals surface area contributed by atoms with Gasteiger partial charge in [-0.3, -0.25) is 14.8 Å². The van der Waals surface area contributed by atoms with E-state index in [1.54, 1.807) is 30.6 Å². The van der Waals surface area contributed by atoms with Crippen molar-refractivity contribution in [3.63, 3.8) is 0 Å². The van der Waals surface area contributed by atoms with Crippen LogP contribution in [0.3, 0.4) is 0 Å². The molecule has 214 valence electrons. The van der Waals surface area contributed by atoms with Crippen molar-refractivity contribution in [2.45, 2.75) is 31.0 Å². The number of rotatable bonds is 7. The second kappa shape index (κ2) is 11.8. The number of carbonyl (C=O) groups excluding carboxylic acids is 1. The smallest absolute Gasteiger partial charge is 0.369 e. The fourth-order valence-electron chi connectivity index (χ4n) is 4.44. The van der Waals surface area contributed by atoms with E-state index >= 15 is 0 Å². The van der Waals surface area contributed by atoms with Crippen molar-refractivity contribution >= 4 is 17.4 Å². The van der Waals surface area contributed by atoms with Gasteiger partial charge in [0.2, 0.25) is 0 Å². The van der Waals surface area contributed by atoms with Gasteiger partial charge in [0.1, 0.15) is 0 Å². The Morgan fingerprint density at radius 2 is 1.27 bits per heavy atom. The quantitative estimate of drug-likeness (QED) is 0.335. The van der Waals surface area contributed by atoms with Crippen LogP contribution in [0.2, 0.25) is 0 Å². The number of anilines is 2. The average Bonchev–Trinajstić information content (AvgIpc) is 2.89. The third-order valence-electron chi connectivity index (χ3n) is 6.59. The third kappa shape index (κ3) is 6.90. The molecular formula is C27H27F6N5O2. The van der Waals surface area contributed by atoms with Crippen LogP contribution in [0.1, 0.15) is 16.7 Å². The molecule has 7 nitrogen and oxygen atoms in total. The first-order chi connectivity index (χ1) is 18.8. The van der Waals surface area contributed by atoms with Crippen molar-refractivity contribution in [2.75, 3.05) is 36.8 Å². The highest BCUT2D eigenvalue weighted by atomic mass is 19.4. The van der Waals surface area contributed by atoms with Crippen molar-refractivity contribution in [1.82, 2.24) is 14.8 Å². The molecule has 2 aromatic carbocycles. The number of halogens is 6. The zero-order valence-electron chi connectivity index (χ0n) is 21.1. The summed E-state index contributed by atoms with van der Waals surface area (Å²) in [5, 5.41) is 15.1. The molecule has 2 amide bonds. The van der Waals surface area contributed by atoms with Crippen molar-refractivity contribution in [1.29, 1.82) is 0 Å². The van der Waals surface area contributed by atoms with Crippen molar-refractivity contribution in [3.8, 4) is 0 Å². The first kappa shape index (κ1) is 29.3. The Balaban J connectivity index is 1.28. The van der Waals surface area contributed by atoms with Gasteiger partial charge in [-0.25, -0.2) is 4.79 Å². The Morgan fingerprint density at radius 1 is 0.750 bits per heavy atom. The second-order valence-corrected chi connectivity index (χ2v) is 9.47. The number of alkyl halides is 6. The van der Waals surface area contributed by atoms with Gasteiger partial charge in [0.05, 0.1) is 0 Å². The highest BCUT2D eigenvalue weighted by Gasteiger charge is 2.71. The summed E-state index contributed by atoms with van der Waals surface area (Å²) < 4.78 is 78.6. The highest BCUT2D eigenvalue weighted by molar-refractivity contribution is 5.99. The number of hydrogen-bond donors (Lipinski definition) is 3. The normalized spacial score (nSPS) is 15.6. The zero-order chi connectivity index (χ0) is 29.0. The van der Waals surface area contributed by atoms with E-state index in [1.165, 1.54) is 12.1 Å². The lowest BCUT2D eigenvalue weighted by Gasteiger charge is -2.35. The fourth-order valence-corrected chi connectivity index (χ4v) is 4.44. The fraction of sp³-hybridized carbons (Fsp3) is 0.333. The summed E-state index contributed by atoms with van der Waals surface area (Å²) in [5.74, 6) is 0. The number of nitrogens with one attached hydrogen (secondary N) is 2. The molecule has 1 fully saturated rings. The molecule has 1 aliphatic heterocycles. The molecule has 0 spiro atoms. The number of aliphatic hydroxyl groups is 1. The summed E-state index contributed by atoms with van der Waals surface area (Å²) in [6.45, 7) is 3.65. The Labute approximate surface area is 226 Å². The van der Waals surface area contributed by atoms with E-state index in [4.69, 9.17) is 0 Å². The van der Waals surface area contributed by atoms with E-state index in [-0.39, 0.29) is 6.03 Å². The highest BCUT2D eigenvalue weighted by Crippen LogP contribution is 2.50. The molecule has 1 aromatic heterocycles. The molecule has 3 N–H and O–H groups in total. The van der Waals surface area contributed by atoms with Gasteiger partial charge in [0.15, 0.2) is 0 Å². The van der Waals surface area contributed by atoms with Gasteiger partial charge >= 0.3 is 18.4 Å². The van der Waals surface area contributed by atoms with Gasteiger partial charge < -0.3 is 15.7 Å². The molecule has 2 heterocycles. The minimum Gasteiger partial charge on any atom is -0.369 e. The van der Waals surface area contributed by atoms with E-state index in [9.17, 15) is 36.2 Å². The first-order valence-electron chi connectivity index (χ1n) is 12.3. The van der Waals surface area contributed by atoms with Crippen LogP contribution in [0.4, 0.5) is 42.5 Å². The van der Waals surface area contributed by atoms with E-state index in [1.807, 2.05) is 23.1 Å². The van der Waals surface area contributed by atoms with E-state index in [2.05, 4.69) is 20.5 Å². The number of hydrogen-bond acceptors (Lipinski definition) is 5. The minimum atomic E-state index is -5.91. The molecule has 0 saturated carbocycles. The topological polar surface area (TPSA) is 80.7 Å². The third-order valence-corrected chi connectivity index (χ3v) is 6.59. The number of amides is 2. The molecule has 0 aliphatic carbocycles. The lowest BCUT2D eigenvalue weighted by molar-refractivity contribution is -0.376. The number of benzene rings is 2. The van der Waals surface area contributed by atoms with Gasteiger partial charge in [-0.2, -0.15) is 26.3 Å². The van der Waals surface area contributed by atoms with Gasteiger partial charge in [-0.05, 0) is 35.4 Å². The average molecular weight is 568 g/mol. The van der Waals surface area contributed by atoms with Crippen LogP contribution < -0.4 is 10.6 Å². The van der Waals surface area contributed by atoms with Crippen molar-refractivity contribution in [2.24, 2.45) is 0 Å². The second-order valence-electron chi connectivity index (χ2n) is 9.47. The summed E-state index contributed by atoms with van der Waals surface area (Å²) in [4.78, 5) is 20.4. The summed E-state index contributed by atoms with van der Waals surface area (Å²) in [7, 11) is 0. The first-order valence-corrected chi connectivity index (χ1v) is 12.3. The Kier molecular flexibility index (Phi) is 8.66. The zero-order valence-corrected chi connectivity index (χ0v) is 21.1. The van der Waals surface area contributed by atoms with Crippen LogP contribution in [-0.4, -0.2) is 64.5 Å². The van der Waals surface area contributed by atoms with Gasteiger partial charge in [0.25, 0.3) is 5.60 Å².